The summed E-state index contributed by atoms with van der Waals surface area (Å²) in [5, 5.41) is 10.3. The van der Waals surface area contributed by atoms with Crippen LogP contribution < -0.4 is 5.11 Å². The van der Waals surface area contributed by atoms with Crippen molar-refractivity contribution in [3.8, 4) is 11.1 Å². The highest BCUT2D eigenvalue weighted by Crippen LogP contribution is 2.19. The van der Waals surface area contributed by atoms with Crippen LogP contribution in [0.3, 0.4) is 0 Å². The van der Waals surface area contributed by atoms with E-state index in [1.54, 1.807) is 0 Å². The maximum atomic E-state index is 10.3. The zero-order chi connectivity index (χ0) is 12.8. The zero-order valence-corrected chi connectivity index (χ0v) is 10.1. The first-order valence-electron chi connectivity index (χ1n) is 6.10. The quantitative estimate of drug-likeness (QED) is 0.804. The normalized spacial score (nSPS) is 10.2. The van der Waals surface area contributed by atoms with Crippen LogP contribution in [-0.4, -0.2) is 5.97 Å². The van der Waals surface area contributed by atoms with Crippen molar-refractivity contribution in [2.45, 2.75) is 19.3 Å². The second-order valence-electron chi connectivity index (χ2n) is 4.29. The van der Waals surface area contributed by atoms with Gasteiger partial charge >= 0.3 is 0 Å². The summed E-state index contributed by atoms with van der Waals surface area (Å²) in [6.45, 7) is 0. The summed E-state index contributed by atoms with van der Waals surface area (Å²) in [4.78, 5) is 10.3. The first-order chi connectivity index (χ1) is 8.75. The number of carboxylic acid groups (broad SMARTS) is 1. The SMILES string of the molecule is O=C([O-])CCCc1ccc(-c2ccccc2)cc1. The minimum Gasteiger partial charge on any atom is -0.550 e. The first kappa shape index (κ1) is 12.4. The standard InChI is InChI=1S/C16H16O2/c17-16(18)8-4-5-13-9-11-15(12-10-13)14-6-2-1-3-7-14/h1-3,6-7,9-12H,4-5,8H2,(H,17,18)/p-1. The Morgan fingerprint density at radius 3 is 2.11 bits per heavy atom. The molecule has 0 aliphatic carbocycles. The molecule has 2 nitrogen and oxygen atoms in total. The third kappa shape index (κ3) is 3.45. The molecule has 0 saturated carbocycles. The number of benzene rings is 2. The van der Waals surface area contributed by atoms with Gasteiger partial charge in [-0.15, -0.1) is 0 Å². The number of carbonyl (C=O) groups is 1. The minimum atomic E-state index is -0.976. The number of rotatable bonds is 5. The predicted molar refractivity (Wildman–Crippen MR) is 69.8 cm³/mol. The molecule has 2 heteroatoms. The Kier molecular flexibility index (Phi) is 4.13. The van der Waals surface area contributed by atoms with Crippen LogP contribution in [0, 0.1) is 0 Å². The van der Waals surface area contributed by atoms with E-state index in [0.29, 0.717) is 6.42 Å². The van der Waals surface area contributed by atoms with Crippen LogP contribution in [0.5, 0.6) is 0 Å². The van der Waals surface area contributed by atoms with Crippen LogP contribution in [0.1, 0.15) is 18.4 Å². The van der Waals surface area contributed by atoms with Gasteiger partial charge in [0.15, 0.2) is 0 Å². The van der Waals surface area contributed by atoms with E-state index in [4.69, 9.17) is 0 Å². The summed E-state index contributed by atoms with van der Waals surface area (Å²) in [5.41, 5.74) is 3.54. The van der Waals surface area contributed by atoms with Gasteiger partial charge in [0.1, 0.15) is 0 Å². The van der Waals surface area contributed by atoms with Crippen LogP contribution in [0.25, 0.3) is 11.1 Å². The molecule has 0 aliphatic heterocycles. The Morgan fingerprint density at radius 2 is 1.50 bits per heavy atom. The summed E-state index contributed by atoms with van der Waals surface area (Å²) >= 11 is 0. The average molecular weight is 239 g/mol. The molecule has 0 amide bonds. The lowest BCUT2D eigenvalue weighted by molar-refractivity contribution is -0.305. The predicted octanol–water partition coefficient (Wildman–Crippen LogP) is 2.43. The second-order valence-corrected chi connectivity index (χ2v) is 4.29. The number of aliphatic carboxylic acids is 1. The van der Waals surface area contributed by atoms with E-state index >= 15 is 0 Å². The van der Waals surface area contributed by atoms with E-state index in [2.05, 4.69) is 36.4 Å². The highest BCUT2D eigenvalue weighted by molar-refractivity contribution is 5.64. The fourth-order valence-corrected chi connectivity index (χ4v) is 1.93. The molecule has 2 rings (SSSR count). The summed E-state index contributed by atoms with van der Waals surface area (Å²) < 4.78 is 0. The molecule has 0 spiro atoms. The van der Waals surface area contributed by atoms with Crippen molar-refractivity contribution in [3.05, 3.63) is 60.2 Å². The fraction of sp³-hybridized carbons (Fsp3) is 0.188. The molecular formula is C16H15O2-. The molecule has 0 saturated heterocycles. The largest absolute Gasteiger partial charge is 0.550 e. The van der Waals surface area contributed by atoms with Crippen molar-refractivity contribution in [2.75, 3.05) is 0 Å². The molecule has 92 valence electrons. The van der Waals surface area contributed by atoms with E-state index in [1.165, 1.54) is 11.1 Å². The van der Waals surface area contributed by atoms with Gasteiger partial charge in [0.05, 0.1) is 0 Å². The molecule has 0 fully saturated rings. The number of aryl methyl sites for hydroxylation is 1. The van der Waals surface area contributed by atoms with Gasteiger partial charge in [-0.1, -0.05) is 54.6 Å². The topological polar surface area (TPSA) is 40.1 Å². The van der Waals surface area contributed by atoms with Crippen LogP contribution >= 0.6 is 0 Å². The maximum absolute atomic E-state index is 10.3. The van der Waals surface area contributed by atoms with Gasteiger partial charge in [0.2, 0.25) is 0 Å². The van der Waals surface area contributed by atoms with Crippen LogP contribution in [0.2, 0.25) is 0 Å². The highest BCUT2D eigenvalue weighted by atomic mass is 16.4. The summed E-state index contributed by atoms with van der Waals surface area (Å²) in [6.07, 6.45) is 1.54. The Morgan fingerprint density at radius 1 is 0.889 bits per heavy atom. The molecule has 18 heavy (non-hydrogen) atoms. The molecule has 2 aromatic carbocycles. The molecule has 0 atom stereocenters. The maximum Gasteiger partial charge on any atom is 0.0414 e. The van der Waals surface area contributed by atoms with Gasteiger partial charge in [-0.25, -0.2) is 0 Å². The smallest absolute Gasteiger partial charge is 0.0414 e. The zero-order valence-electron chi connectivity index (χ0n) is 10.1. The molecule has 0 aromatic heterocycles. The van der Waals surface area contributed by atoms with E-state index in [-0.39, 0.29) is 6.42 Å². The average Bonchev–Trinajstić information content (AvgIpc) is 2.40. The third-order valence-corrected chi connectivity index (χ3v) is 2.91. The summed E-state index contributed by atoms with van der Waals surface area (Å²) in [7, 11) is 0. The Bertz CT molecular complexity index is 500. The van der Waals surface area contributed by atoms with E-state index in [9.17, 15) is 9.90 Å². The van der Waals surface area contributed by atoms with E-state index in [0.717, 1.165) is 12.0 Å². The van der Waals surface area contributed by atoms with Crippen molar-refractivity contribution in [2.24, 2.45) is 0 Å². The van der Waals surface area contributed by atoms with Gasteiger partial charge in [-0.2, -0.15) is 0 Å². The first-order valence-corrected chi connectivity index (χ1v) is 6.10. The molecular weight excluding hydrogens is 224 g/mol. The van der Waals surface area contributed by atoms with Gasteiger partial charge in [0.25, 0.3) is 0 Å². The van der Waals surface area contributed by atoms with Crippen molar-refractivity contribution in [3.63, 3.8) is 0 Å². The van der Waals surface area contributed by atoms with Gasteiger partial charge in [0, 0.05) is 5.97 Å². The minimum absolute atomic E-state index is 0.125. The summed E-state index contributed by atoms with van der Waals surface area (Å²) in [5.74, 6) is -0.976. The van der Waals surface area contributed by atoms with E-state index in [1.807, 2.05) is 18.2 Å². The van der Waals surface area contributed by atoms with Crippen molar-refractivity contribution < 1.29 is 9.90 Å². The molecule has 0 heterocycles. The Hall–Kier alpha value is -2.09. The Labute approximate surface area is 107 Å². The molecule has 0 radical (unpaired) electrons. The number of hydrogen-bond acceptors (Lipinski definition) is 2. The monoisotopic (exact) mass is 239 g/mol. The fourth-order valence-electron chi connectivity index (χ4n) is 1.93. The lowest BCUT2D eigenvalue weighted by Crippen LogP contribution is -2.21. The highest BCUT2D eigenvalue weighted by Gasteiger charge is 1.97. The van der Waals surface area contributed by atoms with Crippen LogP contribution in [0.15, 0.2) is 54.6 Å². The lowest BCUT2D eigenvalue weighted by Gasteiger charge is -2.05. The molecule has 0 bridgehead atoms. The Balaban J connectivity index is 2.00. The van der Waals surface area contributed by atoms with Gasteiger partial charge in [-0.05, 0) is 36.0 Å². The van der Waals surface area contributed by atoms with Crippen molar-refractivity contribution in [1.82, 2.24) is 0 Å². The molecule has 2 aromatic rings. The molecule has 0 unspecified atom stereocenters. The molecule has 0 aliphatic rings. The number of hydrogen-bond donors (Lipinski definition) is 0. The second kappa shape index (κ2) is 6.01. The van der Waals surface area contributed by atoms with E-state index < -0.39 is 5.97 Å². The van der Waals surface area contributed by atoms with Gasteiger partial charge < -0.3 is 9.90 Å². The van der Waals surface area contributed by atoms with Crippen LogP contribution in [0.4, 0.5) is 0 Å². The van der Waals surface area contributed by atoms with Crippen molar-refractivity contribution >= 4 is 5.97 Å². The van der Waals surface area contributed by atoms with Crippen LogP contribution in [-0.2, 0) is 11.2 Å². The lowest BCUT2D eigenvalue weighted by atomic mass is 10.0. The summed E-state index contributed by atoms with van der Waals surface area (Å²) in [6, 6.07) is 18.4. The number of carbonyl (C=O) groups excluding carboxylic acids is 1. The molecule has 0 N–H and O–H groups in total. The van der Waals surface area contributed by atoms with Crippen molar-refractivity contribution in [1.29, 1.82) is 0 Å². The third-order valence-electron chi connectivity index (χ3n) is 2.91. The van der Waals surface area contributed by atoms with Gasteiger partial charge in [-0.3, -0.25) is 0 Å². The number of carboxylic acids is 1.